The second kappa shape index (κ2) is 9.09. The Morgan fingerprint density at radius 2 is 2.12 bits per heavy atom. The number of hydrogen-bond donors (Lipinski definition) is 1. The number of amides is 1. The predicted octanol–water partition coefficient (Wildman–Crippen LogP) is 2.46. The number of carbonyl (C=O) groups is 1. The van der Waals surface area contributed by atoms with Crippen LogP contribution in [0, 0.1) is 11.3 Å². The van der Waals surface area contributed by atoms with Gasteiger partial charge in [0.2, 0.25) is 0 Å². The van der Waals surface area contributed by atoms with Crippen molar-refractivity contribution in [2.75, 3.05) is 39.1 Å². The van der Waals surface area contributed by atoms with Gasteiger partial charge >= 0.3 is 0 Å². The molecule has 0 bridgehead atoms. The molecular weight excluding hydrogens is 316 g/mol. The fourth-order valence-electron chi connectivity index (χ4n) is 2.90. The third-order valence-corrected chi connectivity index (χ3v) is 4.47. The van der Waals surface area contributed by atoms with Crippen molar-refractivity contribution in [1.82, 2.24) is 9.80 Å². The highest BCUT2D eigenvalue weighted by molar-refractivity contribution is 5.97. The Morgan fingerprint density at radius 3 is 2.76 bits per heavy atom. The molecule has 134 valence electrons. The molecule has 1 N–H and O–H groups in total. The van der Waals surface area contributed by atoms with Crippen molar-refractivity contribution in [3.05, 3.63) is 36.0 Å². The molecule has 1 aromatic rings. The summed E-state index contributed by atoms with van der Waals surface area (Å²) in [5.74, 6) is 0.438. The first-order chi connectivity index (χ1) is 12.1. The number of rotatable bonds is 6. The summed E-state index contributed by atoms with van der Waals surface area (Å²) in [6.45, 7) is 4.39. The molecule has 0 saturated carbocycles. The van der Waals surface area contributed by atoms with Gasteiger partial charge in [-0.2, -0.15) is 5.26 Å². The number of piperidine rings is 1. The molecule has 1 saturated heterocycles. The molecule has 2 rings (SSSR count). The third-order valence-electron chi connectivity index (χ3n) is 4.47. The Labute approximate surface area is 149 Å². The van der Waals surface area contributed by atoms with Crippen molar-refractivity contribution in [1.29, 1.82) is 5.26 Å². The van der Waals surface area contributed by atoms with Gasteiger partial charge in [0.1, 0.15) is 17.4 Å². The minimum absolute atomic E-state index is 0.0905. The standard InChI is InChI=1S/C19H26N4O2/c1-4-25-18-8-6-5-7-17(18)21-14-15(13-20)19(24)23(3)16-9-11-22(2)12-10-16/h5-8,14,16,21H,4,9-12H2,1-3H3/b15-14-. The molecule has 1 heterocycles. The normalized spacial score (nSPS) is 16.2. The van der Waals surface area contributed by atoms with Gasteiger partial charge in [0.05, 0.1) is 12.3 Å². The van der Waals surface area contributed by atoms with E-state index in [-0.39, 0.29) is 17.5 Å². The zero-order valence-electron chi connectivity index (χ0n) is 15.2. The molecule has 1 amide bonds. The van der Waals surface area contributed by atoms with Gasteiger partial charge in [-0.15, -0.1) is 0 Å². The van der Waals surface area contributed by atoms with Crippen molar-refractivity contribution in [3.63, 3.8) is 0 Å². The first-order valence-electron chi connectivity index (χ1n) is 8.61. The lowest BCUT2D eigenvalue weighted by molar-refractivity contribution is -0.128. The number of ether oxygens (including phenoxy) is 1. The molecule has 6 heteroatoms. The van der Waals surface area contributed by atoms with Crippen LogP contribution >= 0.6 is 0 Å². The zero-order chi connectivity index (χ0) is 18.2. The number of anilines is 1. The van der Waals surface area contributed by atoms with E-state index in [1.165, 1.54) is 6.20 Å². The SMILES string of the molecule is CCOc1ccccc1N/C=C(/C#N)C(=O)N(C)C1CCN(C)CC1. The molecule has 0 aliphatic carbocycles. The average Bonchev–Trinajstić information content (AvgIpc) is 2.63. The maximum atomic E-state index is 12.6. The van der Waals surface area contributed by atoms with Crippen LogP contribution in [0.3, 0.4) is 0 Å². The van der Waals surface area contributed by atoms with E-state index in [9.17, 15) is 10.1 Å². The number of hydrogen-bond acceptors (Lipinski definition) is 5. The van der Waals surface area contributed by atoms with Crippen LogP contribution in [0.25, 0.3) is 0 Å². The van der Waals surface area contributed by atoms with E-state index < -0.39 is 0 Å². The number of carbonyl (C=O) groups excluding carboxylic acids is 1. The molecular formula is C19H26N4O2. The van der Waals surface area contributed by atoms with Gasteiger partial charge in [0.15, 0.2) is 0 Å². The highest BCUT2D eigenvalue weighted by Gasteiger charge is 2.25. The van der Waals surface area contributed by atoms with Crippen molar-refractivity contribution in [3.8, 4) is 11.8 Å². The quantitative estimate of drug-likeness (QED) is 0.635. The van der Waals surface area contributed by atoms with Gasteiger partial charge in [0.25, 0.3) is 5.91 Å². The van der Waals surface area contributed by atoms with Crippen LogP contribution < -0.4 is 10.1 Å². The topological polar surface area (TPSA) is 68.6 Å². The average molecular weight is 342 g/mol. The van der Waals surface area contributed by atoms with Gasteiger partial charge in [-0.05, 0) is 52.0 Å². The highest BCUT2D eigenvalue weighted by atomic mass is 16.5. The number of para-hydroxylation sites is 2. The Balaban J connectivity index is 2.07. The van der Waals surface area contributed by atoms with Crippen LogP contribution in [0.5, 0.6) is 5.75 Å². The minimum Gasteiger partial charge on any atom is -0.492 e. The van der Waals surface area contributed by atoms with Crippen LogP contribution in [0.15, 0.2) is 36.0 Å². The molecule has 1 fully saturated rings. The fraction of sp³-hybridized carbons (Fsp3) is 0.474. The van der Waals surface area contributed by atoms with E-state index in [1.54, 1.807) is 11.9 Å². The molecule has 25 heavy (non-hydrogen) atoms. The third kappa shape index (κ3) is 4.97. The van der Waals surface area contributed by atoms with E-state index in [4.69, 9.17) is 4.74 Å². The Morgan fingerprint density at radius 1 is 1.44 bits per heavy atom. The number of benzene rings is 1. The summed E-state index contributed by atoms with van der Waals surface area (Å²) < 4.78 is 5.54. The maximum Gasteiger partial charge on any atom is 0.266 e. The van der Waals surface area contributed by atoms with Crippen molar-refractivity contribution >= 4 is 11.6 Å². The Hall–Kier alpha value is -2.52. The highest BCUT2D eigenvalue weighted by Crippen LogP contribution is 2.24. The van der Waals surface area contributed by atoms with Crippen LogP contribution in [-0.2, 0) is 4.79 Å². The van der Waals surface area contributed by atoms with Crippen LogP contribution in [0.4, 0.5) is 5.69 Å². The predicted molar refractivity (Wildman–Crippen MR) is 98.2 cm³/mol. The first-order valence-corrected chi connectivity index (χ1v) is 8.61. The first kappa shape index (κ1) is 18.8. The van der Waals surface area contributed by atoms with E-state index >= 15 is 0 Å². The molecule has 0 unspecified atom stereocenters. The number of nitrogens with one attached hydrogen (secondary N) is 1. The number of nitriles is 1. The van der Waals surface area contributed by atoms with E-state index in [1.807, 2.05) is 37.3 Å². The van der Waals surface area contributed by atoms with E-state index in [0.717, 1.165) is 31.6 Å². The van der Waals surface area contributed by atoms with Gasteiger partial charge in [-0.3, -0.25) is 4.79 Å². The molecule has 1 aliphatic rings. The summed E-state index contributed by atoms with van der Waals surface area (Å²) in [4.78, 5) is 16.6. The number of likely N-dealkylation sites (tertiary alicyclic amines) is 1. The van der Waals surface area contributed by atoms with Crippen LogP contribution in [0.1, 0.15) is 19.8 Å². The largest absolute Gasteiger partial charge is 0.492 e. The van der Waals surface area contributed by atoms with Gasteiger partial charge < -0.3 is 19.9 Å². The fourth-order valence-corrected chi connectivity index (χ4v) is 2.90. The smallest absolute Gasteiger partial charge is 0.266 e. The van der Waals surface area contributed by atoms with Crippen molar-refractivity contribution < 1.29 is 9.53 Å². The van der Waals surface area contributed by atoms with E-state index in [2.05, 4.69) is 17.3 Å². The lowest BCUT2D eigenvalue weighted by atomic mass is 10.0. The van der Waals surface area contributed by atoms with Crippen LogP contribution in [-0.4, -0.2) is 55.5 Å². The number of likely N-dealkylation sites (N-methyl/N-ethyl adjacent to an activating group) is 1. The van der Waals surface area contributed by atoms with Crippen molar-refractivity contribution in [2.45, 2.75) is 25.8 Å². The summed E-state index contributed by atoms with van der Waals surface area (Å²) in [7, 11) is 3.86. The van der Waals surface area contributed by atoms with Gasteiger partial charge in [-0.1, -0.05) is 12.1 Å². The lowest BCUT2D eigenvalue weighted by Crippen LogP contribution is -2.44. The monoisotopic (exact) mass is 342 g/mol. The lowest BCUT2D eigenvalue weighted by Gasteiger charge is -2.35. The molecule has 1 aromatic carbocycles. The Kier molecular flexibility index (Phi) is 6.84. The van der Waals surface area contributed by atoms with Gasteiger partial charge in [0, 0.05) is 19.3 Å². The summed E-state index contributed by atoms with van der Waals surface area (Å²) >= 11 is 0. The molecule has 0 atom stereocenters. The van der Waals surface area contributed by atoms with E-state index in [0.29, 0.717) is 12.4 Å². The summed E-state index contributed by atoms with van der Waals surface area (Å²) in [5.41, 5.74) is 0.819. The second-order valence-electron chi connectivity index (χ2n) is 6.19. The molecule has 6 nitrogen and oxygen atoms in total. The Bertz CT molecular complexity index is 658. The molecule has 1 aliphatic heterocycles. The second-order valence-corrected chi connectivity index (χ2v) is 6.19. The van der Waals surface area contributed by atoms with Gasteiger partial charge in [-0.25, -0.2) is 0 Å². The maximum absolute atomic E-state index is 12.6. The summed E-state index contributed by atoms with van der Waals surface area (Å²) in [6.07, 6.45) is 3.32. The number of nitrogens with zero attached hydrogens (tertiary/aromatic N) is 3. The zero-order valence-corrected chi connectivity index (χ0v) is 15.2. The molecule has 0 aromatic heterocycles. The van der Waals surface area contributed by atoms with Crippen molar-refractivity contribution in [2.24, 2.45) is 0 Å². The molecule has 0 spiro atoms. The summed E-state index contributed by atoms with van der Waals surface area (Å²) in [5, 5.41) is 12.4. The van der Waals surface area contributed by atoms with Crippen LogP contribution in [0.2, 0.25) is 0 Å². The minimum atomic E-state index is -0.251. The summed E-state index contributed by atoms with van der Waals surface area (Å²) in [6, 6.07) is 9.63. The molecule has 0 radical (unpaired) electrons.